The molecule has 4 aliphatic carbocycles. The third-order valence-electron chi connectivity index (χ3n) is 23.8. The van der Waals surface area contributed by atoms with E-state index in [1.54, 1.807) is 11.1 Å². The summed E-state index contributed by atoms with van der Waals surface area (Å²) >= 11 is 0. The highest BCUT2D eigenvalue weighted by atomic mass is 15.2. The summed E-state index contributed by atoms with van der Waals surface area (Å²) in [4.78, 5) is 5.92. The van der Waals surface area contributed by atoms with Crippen LogP contribution in [0.3, 0.4) is 0 Å². The highest BCUT2D eigenvalue weighted by molar-refractivity contribution is 7.00. The zero-order valence-electron chi connectivity index (χ0n) is 57.5. The van der Waals surface area contributed by atoms with Gasteiger partial charge in [0.15, 0.2) is 0 Å². The summed E-state index contributed by atoms with van der Waals surface area (Å²) < 4.78 is 5.15. The first-order chi connectivity index (χ1) is 47.4. The minimum Gasteiger partial charge on any atom is -0.334 e. The molecule has 4 unspecified atom stereocenters. The van der Waals surface area contributed by atoms with Crippen molar-refractivity contribution < 1.29 is 0 Å². The van der Waals surface area contributed by atoms with Crippen LogP contribution in [-0.2, 0) is 5.41 Å². The predicted molar refractivity (Wildman–Crippen MR) is 414 cm³/mol. The Morgan fingerprint density at radius 2 is 0.990 bits per heavy atom. The van der Waals surface area contributed by atoms with Crippen LogP contribution in [0, 0.1) is 23.2 Å². The summed E-state index contributed by atoms with van der Waals surface area (Å²) in [5, 5.41) is 5.13. The second kappa shape index (κ2) is 23.8. The maximum absolute atomic E-state index is 3.08. The van der Waals surface area contributed by atoms with Crippen LogP contribution in [0.25, 0.3) is 77.2 Å². The van der Waals surface area contributed by atoms with Crippen LogP contribution in [0.4, 0.5) is 28.4 Å². The number of para-hydroxylation sites is 4. The molecule has 0 spiro atoms. The topological polar surface area (TPSA) is 16.3 Å². The van der Waals surface area contributed by atoms with Gasteiger partial charge in [-0.3, -0.25) is 0 Å². The van der Waals surface area contributed by atoms with Crippen LogP contribution in [0.2, 0.25) is 0 Å². The van der Waals surface area contributed by atoms with Gasteiger partial charge in [0.2, 0.25) is 0 Å². The molecule has 2 aliphatic heterocycles. The molecule has 4 heterocycles. The maximum atomic E-state index is 3.08. The van der Waals surface area contributed by atoms with Crippen molar-refractivity contribution in [2.75, 3.05) is 9.80 Å². The van der Waals surface area contributed by atoms with Gasteiger partial charge >= 0.3 is 0 Å². The first kappa shape index (κ1) is 60.1. The molecular weight excluding hydrogens is 1170 g/mol. The molecule has 10 aromatic carbocycles. The van der Waals surface area contributed by atoms with Gasteiger partial charge in [0, 0.05) is 72.7 Å². The van der Waals surface area contributed by atoms with E-state index in [2.05, 4.69) is 303 Å². The number of fused-ring (bicyclic) bond motifs is 10. The first-order valence-electron chi connectivity index (χ1n) is 36.8. The van der Waals surface area contributed by atoms with E-state index in [1.807, 2.05) is 0 Å². The van der Waals surface area contributed by atoms with Crippen LogP contribution >= 0.6 is 0 Å². The Morgan fingerprint density at radius 3 is 1.52 bits per heavy atom. The zero-order valence-corrected chi connectivity index (χ0v) is 57.5. The molecule has 18 rings (SSSR count). The number of hydrogen-bond acceptors (Lipinski definition) is 2. The van der Waals surface area contributed by atoms with Gasteiger partial charge in [-0.15, -0.1) is 0 Å². The fourth-order valence-electron chi connectivity index (χ4n) is 18.9. The van der Waals surface area contributed by atoms with Gasteiger partial charge in [0.1, 0.15) is 0 Å². The fraction of sp³-hybridized carbons (Fsp3) is 0.283. The van der Waals surface area contributed by atoms with Crippen molar-refractivity contribution in [2.24, 2.45) is 23.2 Å². The summed E-state index contributed by atoms with van der Waals surface area (Å²) in [6, 6.07) is 85.5. The van der Waals surface area contributed by atoms with Crippen LogP contribution in [0.1, 0.15) is 142 Å². The Labute approximate surface area is 574 Å². The number of allylic oxidation sites excluding steroid dienone is 4. The Kier molecular flexibility index (Phi) is 14.7. The summed E-state index contributed by atoms with van der Waals surface area (Å²) in [6.45, 7) is 14.7. The van der Waals surface area contributed by atoms with Gasteiger partial charge in [0.25, 0.3) is 6.71 Å². The van der Waals surface area contributed by atoms with Crippen molar-refractivity contribution in [1.29, 1.82) is 0 Å². The molecule has 480 valence electrons. The number of benzene rings is 10. The summed E-state index contributed by atoms with van der Waals surface area (Å²) in [7, 11) is 0. The molecule has 6 aliphatic rings. The van der Waals surface area contributed by atoms with E-state index in [4.69, 9.17) is 0 Å². The third-order valence-corrected chi connectivity index (χ3v) is 23.8. The molecule has 4 nitrogen and oxygen atoms in total. The highest BCUT2D eigenvalue weighted by Gasteiger charge is 2.51. The molecule has 1 fully saturated rings. The standard InChI is InChI=1S/C92H89BN4/c1-91(2,3)66-54-74(61-32-14-8-15-33-61)89(75(55-66)62-34-16-9-17-35-62)96-84-58-68(94-80-44-26-22-40-70(80)71-41-23-27-45-81(71)94)48-50-78(84)93-79-51-49-69(95-82-46-28-24-42-72(82)73-43-25-29-47-83(73)95)59-85(79)97(87-53-65(52-86(96)88(87)93)60-30-12-7-13-31-60)90-76(63-36-18-10-19-37-63)56-67(92(4,5)6)57-77(90)64-38-20-11-21-39-64/h8-10,14-18,22-29,32-35,38,40-56,58-60,63,67,77,90H,7,11-13,19-21,30-31,36-37,39,57H2,1-6H3. The molecule has 0 radical (unpaired) electrons. The van der Waals surface area contributed by atoms with Gasteiger partial charge in [-0.2, -0.15) is 0 Å². The number of hydrogen-bond donors (Lipinski definition) is 0. The van der Waals surface area contributed by atoms with Gasteiger partial charge in [-0.1, -0.05) is 236 Å². The van der Waals surface area contributed by atoms with Crippen LogP contribution < -0.4 is 26.2 Å². The molecule has 0 N–H and O–H groups in total. The zero-order chi connectivity index (χ0) is 65.3. The van der Waals surface area contributed by atoms with Gasteiger partial charge in [-0.25, -0.2) is 0 Å². The lowest BCUT2D eigenvalue weighted by atomic mass is 9.33. The third kappa shape index (κ3) is 10.1. The fourth-order valence-corrected chi connectivity index (χ4v) is 18.9. The molecule has 4 atom stereocenters. The number of rotatable bonds is 9. The lowest BCUT2D eigenvalue weighted by Gasteiger charge is -2.53. The van der Waals surface area contributed by atoms with Crippen molar-refractivity contribution in [2.45, 2.75) is 142 Å². The van der Waals surface area contributed by atoms with E-state index in [0.29, 0.717) is 23.7 Å². The van der Waals surface area contributed by atoms with Crippen LogP contribution in [0.15, 0.2) is 254 Å². The lowest BCUT2D eigenvalue weighted by Crippen LogP contribution is -2.64. The number of nitrogens with zero attached hydrogens (tertiary/aromatic N) is 4. The van der Waals surface area contributed by atoms with Crippen LogP contribution in [0.5, 0.6) is 0 Å². The molecule has 5 heteroatoms. The first-order valence-corrected chi connectivity index (χ1v) is 36.8. The molecule has 0 amide bonds. The normalized spacial score (nSPS) is 19.7. The van der Waals surface area contributed by atoms with E-state index in [9.17, 15) is 0 Å². The van der Waals surface area contributed by atoms with Crippen molar-refractivity contribution in [3.63, 3.8) is 0 Å². The smallest absolute Gasteiger partial charge is 0.252 e. The Morgan fingerprint density at radius 1 is 0.454 bits per heavy atom. The van der Waals surface area contributed by atoms with Gasteiger partial charge in [-0.05, 0) is 210 Å². The minimum absolute atomic E-state index is 0.0941. The van der Waals surface area contributed by atoms with Crippen molar-refractivity contribution >= 4 is 95.1 Å². The average molecular weight is 1260 g/mol. The largest absolute Gasteiger partial charge is 0.334 e. The van der Waals surface area contributed by atoms with E-state index in [0.717, 1.165) is 31.4 Å². The second-order valence-corrected chi connectivity index (χ2v) is 31.5. The molecule has 12 aromatic rings. The lowest BCUT2D eigenvalue weighted by molar-refractivity contribution is 0.220. The van der Waals surface area contributed by atoms with Crippen molar-refractivity contribution in [3.05, 3.63) is 265 Å². The molecule has 0 bridgehead atoms. The van der Waals surface area contributed by atoms with Gasteiger partial charge < -0.3 is 18.9 Å². The molecule has 0 saturated heterocycles. The van der Waals surface area contributed by atoms with Crippen molar-refractivity contribution in [1.82, 2.24) is 9.13 Å². The number of aromatic nitrogens is 2. The summed E-state index contributed by atoms with van der Waals surface area (Å²) in [5.74, 6) is 1.62. The summed E-state index contributed by atoms with van der Waals surface area (Å²) in [6.07, 6.45) is 26.2. The summed E-state index contributed by atoms with van der Waals surface area (Å²) in [5.41, 5.74) is 29.1. The minimum atomic E-state index is -0.141. The average Bonchev–Trinajstić information content (AvgIpc) is 1.09. The van der Waals surface area contributed by atoms with Gasteiger partial charge in [0.05, 0.1) is 33.8 Å². The molecule has 1 saturated carbocycles. The quantitative estimate of drug-likeness (QED) is 0.106. The van der Waals surface area contributed by atoms with E-state index in [1.165, 1.54) is 185 Å². The highest BCUT2D eigenvalue weighted by Crippen LogP contribution is 2.56. The Hall–Kier alpha value is -9.32. The molecular formula is C92H89BN4. The second-order valence-electron chi connectivity index (χ2n) is 31.5. The van der Waals surface area contributed by atoms with Crippen molar-refractivity contribution in [3.8, 4) is 33.6 Å². The Balaban J connectivity index is 1.01. The number of anilines is 5. The Bertz CT molecular complexity index is 5000. The van der Waals surface area contributed by atoms with E-state index >= 15 is 0 Å². The van der Waals surface area contributed by atoms with Crippen LogP contribution in [-0.4, -0.2) is 21.9 Å². The molecule has 97 heavy (non-hydrogen) atoms. The van der Waals surface area contributed by atoms with E-state index in [-0.39, 0.29) is 23.6 Å². The van der Waals surface area contributed by atoms with E-state index < -0.39 is 0 Å². The predicted octanol–water partition coefficient (Wildman–Crippen LogP) is 23.1. The monoisotopic (exact) mass is 1260 g/mol. The SMILES string of the molecule is CC(C)(C)c1cc(-c2ccccc2)c(N2c3cc(-n4c5ccccc5c5ccccc54)ccc3B3c4ccc(-n5c6ccccc6c6ccccc65)cc4N(C4C(C5CC=CCC5)=CC(C(C)(C)C)CC4C4=CCCCC4)c4cc(C5CCCCC5)cc2c43)c(-c2ccccc2)c1. The maximum Gasteiger partial charge on any atom is 0.252 e. The molecule has 2 aromatic heterocycles.